The number of hydrogen-bond donors (Lipinski definition) is 0. The van der Waals surface area contributed by atoms with Crippen LogP contribution < -0.4 is 0 Å². The molecule has 0 bridgehead atoms. The zero-order valence-corrected chi connectivity index (χ0v) is 22.2. The van der Waals surface area contributed by atoms with Gasteiger partial charge in [-0.1, -0.05) is 144 Å². The SMILES string of the molecule is CC(C)(C)C(OC(c1ccccc1)(C(C)(C)C)C(C)(C)C)(c1ccccc1)C(C)(C)C. The molecule has 0 atom stereocenters. The Labute approximate surface area is 192 Å². The lowest BCUT2D eigenvalue weighted by atomic mass is 9.55. The van der Waals surface area contributed by atoms with Gasteiger partial charge < -0.3 is 4.74 Å². The highest BCUT2D eigenvalue weighted by molar-refractivity contribution is 5.33. The molecular formula is C30H46O. The lowest BCUT2D eigenvalue weighted by Crippen LogP contribution is -2.62. The van der Waals surface area contributed by atoms with E-state index in [1.165, 1.54) is 11.1 Å². The van der Waals surface area contributed by atoms with E-state index in [0.717, 1.165) is 0 Å². The monoisotopic (exact) mass is 422 g/mol. The Bertz CT molecular complexity index is 732. The molecule has 2 aromatic carbocycles. The summed E-state index contributed by atoms with van der Waals surface area (Å²) in [6.07, 6.45) is 0. The molecule has 0 unspecified atom stereocenters. The summed E-state index contributed by atoms with van der Waals surface area (Å²) in [7, 11) is 0. The quantitative estimate of drug-likeness (QED) is 0.477. The van der Waals surface area contributed by atoms with Crippen LogP contribution in [0.3, 0.4) is 0 Å². The molecule has 0 aromatic heterocycles. The number of hydrogen-bond acceptors (Lipinski definition) is 1. The van der Waals surface area contributed by atoms with Crippen LogP contribution in [0.2, 0.25) is 0 Å². The van der Waals surface area contributed by atoms with Gasteiger partial charge in [-0.05, 0) is 32.8 Å². The van der Waals surface area contributed by atoms with Crippen molar-refractivity contribution < 1.29 is 4.74 Å². The molecular weight excluding hydrogens is 376 g/mol. The third-order valence-electron chi connectivity index (χ3n) is 6.89. The summed E-state index contributed by atoms with van der Waals surface area (Å²) >= 11 is 0. The first-order chi connectivity index (χ1) is 13.9. The van der Waals surface area contributed by atoms with Crippen LogP contribution >= 0.6 is 0 Å². The van der Waals surface area contributed by atoms with E-state index in [1.54, 1.807) is 0 Å². The normalized spacial score (nSPS) is 14.6. The summed E-state index contributed by atoms with van der Waals surface area (Å²) in [4.78, 5) is 0. The van der Waals surface area contributed by atoms with Gasteiger partial charge in [0.15, 0.2) is 0 Å². The van der Waals surface area contributed by atoms with Crippen molar-refractivity contribution in [1.29, 1.82) is 0 Å². The van der Waals surface area contributed by atoms with Crippen LogP contribution in [0.25, 0.3) is 0 Å². The first kappa shape index (κ1) is 25.7. The molecule has 172 valence electrons. The molecule has 2 rings (SSSR count). The Morgan fingerprint density at radius 1 is 0.387 bits per heavy atom. The highest BCUT2D eigenvalue weighted by Crippen LogP contribution is 2.63. The Morgan fingerprint density at radius 2 is 0.613 bits per heavy atom. The number of benzene rings is 2. The van der Waals surface area contributed by atoms with E-state index in [-0.39, 0.29) is 21.7 Å². The first-order valence-corrected chi connectivity index (χ1v) is 11.7. The first-order valence-electron chi connectivity index (χ1n) is 11.7. The van der Waals surface area contributed by atoms with E-state index in [2.05, 4.69) is 144 Å². The second-order valence-corrected chi connectivity index (χ2v) is 13.2. The fourth-order valence-corrected chi connectivity index (χ4v) is 6.29. The van der Waals surface area contributed by atoms with Gasteiger partial charge in [0.1, 0.15) is 11.2 Å². The van der Waals surface area contributed by atoms with Crippen LogP contribution in [0, 0.1) is 21.7 Å². The van der Waals surface area contributed by atoms with Gasteiger partial charge in [0.05, 0.1) is 0 Å². The molecule has 0 amide bonds. The van der Waals surface area contributed by atoms with Crippen molar-refractivity contribution in [2.75, 3.05) is 0 Å². The molecule has 31 heavy (non-hydrogen) atoms. The molecule has 0 saturated heterocycles. The Morgan fingerprint density at radius 3 is 0.806 bits per heavy atom. The van der Waals surface area contributed by atoms with Crippen LogP contribution in [0.1, 0.15) is 94.2 Å². The standard InChI is InChI=1S/C30H46O/c1-25(2,3)29(26(4,5)6,23-19-15-13-16-20-23)31-30(27(7,8)9,28(10,11)12)24-21-17-14-18-22-24/h13-22H,1-12H3. The molecule has 0 N–H and O–H groups in total. The van der Waals surface area contributed by atoms with E-state index in [0.29, 0.717) is 0 Å². The predicted molar refractivity (Wildman–Crippen MR) is 135 cm³/mol. The third-order valence-corrected chi connectivity index (χ3v) is 6.89. The van der Waals surface area contributed by atoms with E-state index in [9.17, 15) is 0 Å². The molecule has 1 nitrogen and oxygen atoms in total. The minimum absolute atomic E-state index is 0.150. The van der Waals surface area contributed by atoms with Crippen molar-refractivity contribution >= 4 is 0 Å². The summed E-state index contributed by atoms with van der Waals surface area (Å²) in [5.41, 5.74) is 0.820. The highest BCUT2D eigenvalue weighted by Gasteiger charge is 2.62. The predicted octanol–water partition coefficient (Wildman–Crippen LogP) is 8.98. The highest BCUT2D eigenvalue weighted by atomic mass is 16.5. The molecule has 0 aliphatic rings. The van der Waals surface area contributed by atoms with Crippen LogP contribution in [-0.4, -0.2) is 0 Å². The van der Waals surface area contributed by atoms with Crippen molar-refractivity contribution in [2.45, 2.75) is 94.3 Å². The van der Waals surface area contributed by atoms with E-state index in [1.807, 2.05) is 0 Å². The third kappa shape index (κ3) is 4.23. The summed E-state index contributed by atoms with van der Waals surface area (Å²) in [5, 5.41) is 0. The van der Waals surface area contributed by atoms with Crippen LogP contribution in [0.5, 0.6) is 0 Å². The van der Waals surface area contributed by atoms with Gasteiger partial charge in [-0.15, -0.1) is 0 Å². The maximum atomic E-state index is 7.86. The molecule has 0 saturated carbocycles. The average molecular weight is 423 g/mol. The van der Waals surface area contributed by atoms with Gasteiger partial charge in [0.25, 0.3) is 0 Å². The van der Waals surface area contributed by atoms with E-state index < -0.39 is 11.2 Å². The topological polar surface area (TPSA) is 9.23 Å². The molecule has 0 aliphatic heterocycles. The number of rotatable bonds is 4. The zero-order chi connectivity index (χ0) is 23.9. The van der Waals surface area contributed by atoms with E-state index in [4.69, 9.17) is 4.74 Å². The zero-order valence-electron chi connectivity index (χ0n) is 22.2. The van der Waals surface area contributed by atoms with Crippen molar-refractivity contribution in [2.24, 2.45) is 21.7 Å². The van der Waals surface area contributed by atoms with Crippen LogP contribution in [-0.2, 0) is 15.9 Å². The second-order valence-electron chi connectivity index (χ2n) is 13.2. The molecule has 0 radical (unpaired) electrons. The van der Waals surface area contributed by atoms with Gasteiger partial charge in [0, 0.05) is 0 Å². The fraction of sp³-hybridized carbons (Fsp3) is 0.600. The van der Waals surface area contributed by atoms with Crippen LogP contribution in [0.15, 0.2) is 60.7 Å². The summed E-state index contributed by atoms with van der Waals surface area (Å²) < 4.78 is 7.86. The Hall–Kier alpha value is -1.60. The van der Waals surface area contributed by atoms with Gasteiger partial charge in [-0.3, -0.25) is 0 Å². The van der Waals surface area contributed by atoms with Crippen molar-refractivity contribution in [3.05, 3.63) is 71.8 Å². The maximum Gasteiger partial charge on any atom is 0.104 e. The Balaban J connectivity index is 3.04. The minimum Gasteiger partial charge on any atom is -0.357 e. The maximum absolute atomic E-state index is 7.86. The van der Waals surface area contributed by atoms with E-state index >= 15 is 0 Å². The van der Waals surface area contributed by atoms with Crippen molar-refractivity contribution in [1.82, 2.24) is 0 Å². The van der Waals surface area contributed by atoms with Gasteiger partial charge in [-0.2, -0.15) is 0 Å². The van der Waals surface area contributed by atoms with Gasteiger partial charge >= 0.3 is 0 Å². The fourth-order valence-electron chi connectivity index (χ4n) is 6.29. The summed E-state index contributed by atoms with van der Waals surface area (Å²) in [6.45, 7) is 27.9. The second kappa shape index (κ2) is 8.07. The lowest BCUT2D eigenvalue weighted by molar-refractivity contribution is -0.319. The molecule has 0 fully saturated rings. The molecule has 1 heteroatoms. The van der Waals surface area contributed by atoms with Crippen molar-refractivity contribution in [3.8, 4) is 0 Å². The minimum atomic E-state index is -0.530. The molecule has 0 spiro atoms. The number of ether oxygens (including phenoxy) is 1. The van der Waals surface area contributed by atoms with Gasteiger partial charge in [0.2, 0.25) is 0 Å². The molecule has 2 aromatic rings. The van der Waals surface area contributed by atoms with Crippen LogP contribution in [0.4, 0.5) is 0 Å². The lowest BCUT2D eigenvalue weighted by Gasteiger charge is -2.63. The van der Waals surface area contributed by atoms with Gasteiger partial charge in [-0.25, -0.2) is 0 Å². The summed E-state index contributed by atoms with van der Waals surface area (Å²) in [5.74, 6) is 0. The Kier molecular flexibility index (Phi) is 6.68. The smallest absolute Gasteiger partial charge is 0.104 e. The largest absolute Gasteiger partial charge is 0.357 e. The summed E-state index contributed by atoms with van der Waals surface area (Å²) in [6, 6.07) is 21.7. The average Bonchev–Trinajstić information content (AvgIpc) is 2.59. The molecule has 0 aliphatic carbocycles. The van der Waals surface area contributed by atoms with Crippen molar-refractivity contribution in [3.63, 3.8) is 0 Å². The molecule has 0 heterocycles.